The molecule has 3 fully saturated rings. The third-order valence-electron chi connectivity index (χ3n) is 7.67. The zero-order valence-electron chi connectivity index (χ0n) is 18.7. The van der Waals surface area contributed by atoms with E-state index in [1.54, 1.807) is 6.20 Å². The highest BCUT2D eigenvalue weighted by Crippen LogP contribution is 2.49. The summed E-state index contributed by atoms with van der Waals surface area (Å²) in [5.41, 5.74) is 2.06. The third kappa shape index (κ3) is 3.47. The molecule has 1 aliphatic heterocycles. The smallest absolute Gasteiger partial charge is 0.247 e. The first-order valence-corrected chi connectivity index (χ1v) is 11.8. The van der Waals surface area contributed by atoms with Gasteiger partial charge in [-0.15, -0.1) is 0 Å². The highest BCUT2D eigenvalue weighted by Gasteiger charge is 2.52. The van der Waals surface area contributed by atoms with Gasteiger partial charge >= 0.3 is 0 Å². The zero-order chi connectivity index (χ0) is 23.3. The van der Waals surface area contributed by atoms with Crippen LogP contribution in [0.15, 0.2) is 31.0 Å². The summed E-state index contributed by atoms with van der Waals surface area (Å²) in [6, 6.07) is 3.87. The van der Waals surface area contributed by atoms with Crippen LogP contribution < -0.4 is 5.32 Å². The molecule has 1 amide bonds. The molecule has 2 aliphatic carbocycles. The average molecular weight is 459 g/mol. The summed E-state index contributed by atoms with van der Waals surface area (Å²) in [5.74, 6) is 0.449. The van der Waals surface area contributed by atoms with Gasteiger partial charge < -0.3 is 14.7 Å². The highest BCUT2D eigenvalue weighted by molar-refractivity contribution is 5.96. The zero-order valence-corrected chi connectivity index (χ0v) is 18.7. The van der Waals surface area contributed by atoms with E-state index in [1.807, 2.05) is 28.0 Å². The van der Waals surface area contributed by atoms with Gasteiger partial charge in [-0.2, -0.15) is 10.4 Å². The Kier molecular flexibility index (Phi) is 4.95. The molecule has 34 heavy (non-hydrogen) atoms. The van der Waals surface area contributed by atoms with Gasteiger partial charge in [-0.05, 0) is 43.6 Å². The summed E-state index contributed by atoms with van der Waals surface area (Å²) >= 11 is 0. The number of rotatable bonds is 7. The van der Waals surface area contributed by atoms with Gasteiger partial charge in [0.05, 0.1) is 29.9 Å². The van der Waals surface area contributed by atoms with Gasteiger partial charge in [0.2, 0.25) is 5.91 Å². The number of hydrogen-bond donors (Lipinski definition) is 2. The number of hydrogen-bond acceptors (Lipinski definition) is 7. The molecule has 0 aromatic carbocycles. The lowest BCUT2D eigenvalue weighted by atomic mass is 9.92. The Bertz CT molecular complexity index is 1270. The summed E-state index contributed by atoms with van der Waals surface area (Å²) in [7, 11) is 0. The second-order valence-electron chi connectivity index (χ2n) is 9.92. The summed E-state index contributed by atoms with van der Waals surface area (Å²) in [4.78, 5) is 38.1. The maximum atomic E-state index is 12.9. The lowest BCUT2D eigenvalue weighted by Gasteiger charge is -2.30. The minimum absolute atomic E-state index is 0.122. The predicted molar refractivity (Wildman–Crippen MR) is 122 cm³/mol. The molecule has 4 heterocycles. The molecule has 4 atom stereocenters. The average Bonchev–Trinajstić information content (AvgIpc) is 3.23. The van der Waals surface area contributed by atoms with E-state index < -0.39 is 11.6 Å². The van der Waals surface area contributed by atoms with Crippen LogP contribution in [0.25, 0.3) is 22.3 Å². The molecule has 0 radical (unpaired) electrons. The van der Waals surface area contributed by atoms with Crippen LogP contribution in [0.1, 0.15) is 32.1 Å². The number of nitrogens with one attached hydrogen (secondary N) is 2. The first-order valence-electron chi connectivity index (χ1n) is 11.8. The quantitative estimate of drug-likeness (QED) is 0.406. The summed E-state index contributed by atoms with van der Waals surface area (Å²) in [5, 5.41) is 18.4. The van der Waals surface area contributed by atoms with Gasteiger partial charge in [-0.1, -0.05) is 0 Å². The normalized spacial score (nSPS) is 27.0. The van der Waals surface area contributed by atoms with Gasteiger partial charge in [0, 0.05) is 42.5 Å². The minimum Gasteiger partial charge on any atom is -0.346 e. The molecule has 3 aromatic rings. The standard InChI is InChI=1S/C24H26N8O2/c25-5-4-24(32-12-17(9-29-32)21-19-3-6-26-22(19)28-14-27-21)7-15-10-31(11-16(15)8-24)23(34)20(13-33)30-18-1-2-18/h3,6,9,12-16,18,20,30H,1-2,4,7-8,10-11H2,(H,26,27,28)/t15-,16+,20?,24+. The van der Waals surface area contributed by atoms with E-state index in [9.17, 15) is 14.9 Å². The number of H-pyrrole nitrogens is 1. The van der Waals surface area contributed by atoms with Crippen molar-refractivity contribution in [2.24, 2.45) is 11.8 Å². The lowest BCUT2D eigenvalue weighted by molar-refractivity contribution is -0.135. The first-order chi connectivity index (χ1) is 16.6. The van der Waals surface area contributed by atoms with Crippen molar-refractivity contribution in [2.75, 3.05) is 13.1 Å². The largest absolute Gasteiger partial charge is 0.346 e. The van der Waals surface area contributed by atoms with Crippen LogP contribution >= 0.6 is 0 Å². The van der Waals surface area contributed by atoms with Crippen LogP contribution in [0.3, 0.4) is 0 Å². The predicted octanol–water partition coefficient (Wildman–Crippen LogP) is 1.62. The summed E-state index contributed by atoms with van der Waals surface area (Å²) in [6.07, 6.45) is 11.9. The molecule has 3 aromatic heterocycles. The molecular formula is C24H26N8O2. The summed E-state index contributed by atoms with van der Waals surface area (Å²) in [6.45, 7) is 1.24. The van der Waals surface area contributed by atoms with Crippen molar-refractivity contribution < 1.29 is 9.59 Å². The number of nitrogens with zero attached hydrogens (tertiary/aromatic N) is 6. The van der Waals surface area contributed by atoms with Gasteiger partial charge in [0.25, 0.3) is 0 Å². The Labute approximate surface area is 196 Å². The van der Waals surface area contributed by atoms with Crippen molar-refractivity contribution >= 4 is 23.2 Å². The summed E-state index contributed by atoms with van der Waals surface area (Å²) < 4.78 is 1.94. The fourth-order valence-corrected chi connectivity index (χ4v) is 5.88. The molecule has 0 spiro atoms. The maximum absolute atomic E-state index is 12.9. The molecule has 6 rings (SSSR count). The van der Waals surface area contributed by atoms with E-state index in [0.29, 0.717) is 25.6 Å². The second-order valence-corrected chi connectivity index (χ2v) is 9.92. The monoisotopic (exact) mass is 458 g/mol. The van der Waals surface area contributed by atoms with Crippen molar-refractivity contribution in [3.05, 3.63) is 31.0 Å². The Morgan fingerprint density at radius 1 is 1.32 bits per heavy atom. The van der Waals surface area contributed by atoms with Crippen LogP contribution in [0.2, 0.25) is 0 Å². The van der Waals surface area contributed by atoms with Crippen molar-refractivity contribution in [1.82, 2.24) is 34.9 Å². The van der Waals surface area contributed by atoms with Gasteiger partial charge in [-0.25, -0.2) is 9.97 Å². The van der Waals surface area contributed by atoms with Crippen molar-refractivity contribution in [2.45, 2.75) is 49.7 Å². The van der Waals surface area contributed by atoms with Crippen molar-refractivity contribution in [3.8, 4) is 17.3 Å². The molecule has 1 unspecified atom stereocenters. The van der Waals surface area contributed by atoms with Crippen LogP contribution in [0.5, 0.6) is 0 Å². The highest BCUT2D eigenvalue weighted by atomic mass is 16.2. The number of fused-ring (bicyclic) bond motifs is 2. The van der Waals surface area contributed by atoms with E-state index in [-0.39, 0.29) is 17.7 Å². The fourth-order valence-electron chi connectivity index (χ4n) is 5.88. The Morgan fingerprint density at radius 2 is 2.12 bits per heavy atom. The van der Waals surface area contributed by atoms with Crippen LogP contribution in [-0.4, -0.2) is 67.0 Å². The van der Waals surface area contributed by atoms with Gasteiger partial charge in [0.15, 0.2) is 0 Å². The number of nitriles is 1. The van der Waals surface area contributed by atoms with E-state index in [4.69, 9.17) is 0 Å². The fraction of sp³-hybridized carbons (Fsp3) is 0.500. The Balaban J connectivity index is 1.21. The van der Waals surface area contributed by atoms with E-state index >= 15 is 0 Å². The number of likely N-dealkylation sites (tertiary alicyclic amines) is 1. The molecule has 10 nitrogen and oxygen atoms in total. The molecule has 174 valence electrons. The molecule has 10 heteroatoms. The minimum atomic E-state index is -0.748. The van der Waals surface area contributed by atoms with E-state index in [0.717, 1.165) is 54.3 Å². The number of aromatic amines is 1. The molecule has 3 aliphatic rings. The molecule has 2 N–H and O–H groups in total. The van der Waals surface area contributed by atoms with Gasteiger partial charge in [0.1, 0.15) is 24.3 Å². The van der Waals surface area contributed by atoms with Crippen LogP contribution in [0.4, 0.5) is 0 Å². The number of carbonyl (C=O) groups excluding carboxylic acids is 2. The second kappa shape index (κ2) is 8.02. The van der Waals surface area contributed by atoms with Crippen molar-refractivity contribution in [3.63, 3.8) is 0 Å². The molecule has 2 saturated carbocycles. The van der Waals surface area contributed by atoms with Crippen LogP contribution in [0, 0.1) is 23.2 Å². The number of carbonyl (C=O) groups is 2. The maximum Gasteiger partial charge on any atom is 0.247 e. The topological polar surface area (TPSA) is 133 Å². The number of amides is 1. The first kappa shape index (κ1) is 21.0. The Morgan fingerprint density at radius 3 is 2.82 bits per heavy atom. The SMILES string of the molecule is N#CC[C@@]1(n2cc(-c3ncnc4[nH]ccc34)cn2)C[C@H]2CN(C(=O)C(C=O)NC3CC3)C[C@H]2C1. The molecule has 0 bridgehead atoms. The molecule has 1 saturated heterocycles. The van der Waals surface area contributed by atoms with E-state index in [1.165, 1.54) is 6.33 Å². The van der Waals surface area contributed by atoms with Crippen LogP contribution in [-0.2, 0) is 15.1 Å². The Hall–Kier alpha value is -3.58. The lowest BCUT2D eigenvalue weighted by Crippen LogP contribution is -2.48. The van der Waals surface area contributed by atoms with E-state index in [2.05, 4.69) is 31.4 Å². The van der Waals surface area contributed by atoms with Gasteiger partial charge in [-0.3, -0.25) is 14.8 Å². The molecular weight excluding hydrogens is 432 g/mol. The third-order valence-corrected chi connectivity index (χ3v) is 7.67. The number of aromatic nitrogens is 5. The number of aldehydes is 1. The van der Waals surface area contributed by atoms with Crippen molar-refractivity contribution in [1.29, 1.82) is 5.26 Å².